The van der Waals surface area contributed by atoms with Gasteiger partial charge in [-0.15, -0.1) is 11.8 Å². The summed E-state index contributed by atoms with van der Waals surface area (Å²) in [5.41, 5.74) is 0. The van der Waals surface area contributed by atoms with E-state index in [0.29, 0.717) is 4.58 Å². The Kier molecular flexibility index (Phi) is 5.47. The highest BCUT2D eigenvalue weighted by atomic mass is 32.2. The van der Waals surface area contributed by atoms with Crippen molar-refractivity contribution in [2.24, 2.45) is 0 Å². The van der Waals surface area contributed by atoms with Gasteiger partial charge in [-0.25, -0.2) is 0 Å². The van der Waals surface area contributed by atoms with Gasteiger partial charge in [-0.3, -0.25) is 4.90 Å². The summed E-state index contributed by atoms with van der Waals surface area (Å²) < 4.78 is 5.73. The van der Waals surface area contributed by atoms with E-state index in [-0.39, 0.29) is 0 Å². The summed E-state index contributed by atoms with van der Waals surface area (Å²) in [7, 11) is 0. The quantitative estimate of drug-likeness (QED) is 0.552. The van der Waals surface area contributed by atoms with Gasteiger partial charge in [0.15, 0.2) is 0 Å². The third-order valence-electron chi connectivity index (χ3n) is 1.87. The molecule has 0 aromatic carbocycles. The van der Waals surface area contributed by atoms with E-state index >= 15 is 0 Å². The molecule has 12 heavy (non-hydrogen) atoms. The Bertz CT molecular complexity index is 116. The lowest BCUT2D eigenvalue weighted by molar-refractivity contribution is 0.0410. The molecular formula is C8H17NOS2. The van der Waals surface area contributed by atoms with Gasteiger partial charge in [-0.1, -0.05) is 0 Å². The van der Waals surface area contributed by atoms with E-state index in [4.69, 9.17) is 4.74 Å². The van der Waals surface area contributed by atoms with Gasteiger partial charge in [0.2, 0.25) is 0 Å². The van der Waals surface area contributed by atoms with Gasteiger partial charge >= 0.3 is 0 Å². The molecule has 1 aliphatic rings. The highest BCUT2D eigenvalue weighted by Crippen LogP contribution is 2.13. The van der Waals surface area contributed by atoms with Gasteiger partial charge in [0.1, 0.15) is 0 Å². The van der Waals surface area contributed by atoms with Crippen molar-refractivity contribution in [2.45, 2.75) is 11.5 Å². The largest absolute Gasteiger partial charge is 0.379 e. The molecule has 1 heterocycles. The molecule has 1 rings (SSSR count). The number of thiol groups is 1. The summed E-state index contributed by atoms with van der Waals surface area (Å²) in [5, 5.41) is 0. The van der Waals surface area contributed by atoms with E-state index in [1.54, 1.807) is 0 Å². The van der Waals surface area contributed by atoms with Gasteiger partial charge in [0, 0.05) is 30.0 Å². The average Bonchev–Trinajstić information content (AvgIpc) is 2.05. The number of hydrogen-bond donors (Lipinski definition) is 1. The molecule has 0 aromatic heterocycles. The van der Waals surface area contributed by atoms with E-state index in [1.807, 2.05) is 11.8 Å². The molecule has 1 fully saturated rings. The second kappa shape index (κ2) is 6.13. The van der Waals surface area contributed by atoms with Crippen LogP contribution in [0, 0.1) is 0 Å². The van der Waals surface area contributed by atoms with Crippen molar-refractivity contribution < 1.29 is 4.74 Å². The molecule has 0 saturated carbocycles. The van der Waals surface area contributed by atoms with Crippen molar-refractivity contribution in [3.8, 4) is 0 Å². The van der Waals surface area contributed by atoms with Crippen LogP contribution in [0.4, 0.5) is 0 Å². The summed E-state index contributed by atoms with van der Waals surface area (Å²) in [6, 6.07) is 0. The lowest BCUT2D eigenvalue weighted by Crippen LogP contribution is -2.37. The number of hydrogen-bond acceptors (Lipinski definition) is 4. The molecule has 4 heteroatoms. The van der Waals surface area contributed by atoms with Crippen LogP contribution in [-0.4, -0.2) is 48.1 Å². The predicted molar refractivity (Wildman–Crippen MR) is 58.2 cm³/mol. The standard InChI is InChI=1S/C8H17NOS2/c1-8(11)12-7-4-9-2-5-10-6-3-9/h8,11H,2-7H2,1H3. The van der Waals surface area contributed by atoms with Crippen molar-refractivity contribution in [2.75, 3.05) is 38.6 Å². The van der Waals surface area contributed by atoms with E-state index in [0.717, 1.165) is 26.3 Å². The molecule has 1 aliphatic heterocycles. The van der Waals surface area contributed by atoms with Crippen LogP contribution >= 0.6 is 24.4 Å². The number of thioether (sulfide) groups is 1. The second-order valence-corrected chi connectivity index (χ2v) is 5.50. The minimum atomic E-state index is 0.464. The van der Waals surface area contributed by atoms with E-state index in [9.17, 15) is 0 Å². The van der Waals surface area contributed by atoms with E-state index in [2.05, 4.69) is 24.5 Å². The molecule has 1 saturated heterocycles. The lowest BCUT2D eigenvalue weighted by Gasteiger charge is -2.26. The van der Waals surface area contributed by atoms with E-state index in [1.165, 1.54) is 12.3 Å². The second-order valence-electron chi connectivity index (χ2n) is 2.92. The zero-order chi connectivity index (χ0) is 8.81. The van der Waals surface area contributed by atoms with Crippen molar-refractivity contribution in [1.29, 1.82) is 0 Å². The van der Waals surface area contributed by atoms with Crippen LogP contribution < -0.4 is 0 Å². The number of ether oxygens (including phenoxy) is 1. The maximum absolute atomic E-state index is 5.26. The number of nitrogens with zero attached hydrogens (tertiary/aromatic N) is 1. The van der Waals surface area contributed by atoms with Crippen molar-refractivity contribution in [1.82, 2.24) is 4.90 Å². The van der Waals surface area contributed by atoms with Crippen molar-refractivity contribution >= 4 is 24.4 Å². The van der Waals surface area contributed by atoms with Crippen molar-refractivity contribution in [3.05, 3.63) is 0 Å². The maximum Gasteiger partial charge on any atom is 0.0594 e. The molecule has 0 bridgehead atoms. The zero-order valence-electron chi connectivity index (χ0n) is 7.53. The third kappa shape index (κ3) is 4.60. The summed E-state index contributed by atoms with van der Waals surface area (Å²) in [5.74, 6) is 1.19. The van der Waals surface area contributed by atoms with Gasteiger partial charge in [-0.2, -0.15) is 12.6 Å². The highest BCUT2D eigenvalue weighted by Gasteiger charge is 2.09. The molecule has 1 unspecified atom stereocenters. The minimum absolute atomic E-state index is 0.464. The third-order valence-corrected chi connectivity index (χ3v) is 3.22. The summed E-state index contributed by atoms with van der Waals surface area (Å²) in [6.07, 6.45) is 0. The van der Waals surface area contributed by atoms with Crippen LogP contribution in [0.5, 0.6) is 0 Å². The lowest BCUT2D eigenvalue weighted by atomic mass is 10.4. The van der Waals surface area contributed by atoms with Crippen LogP contribution in [0.1, 0.15) is 6.92 Å². The molecular weight excluding hydrogens is 190 g/mol. The van der Waals surface area contributed by atoms with Crippen molar-refractivity contribution in [3.63, 3.8) is 0 Å². The molecule has 2 nitrogen and oxygen atoms in total. The normalized spacial score (nSPS) is 22.5. The maximum atomic E-state index is 5.26. The van der Waals surface area contributed by atoms with Crippen LogP contribution in [-0.2, 0) is 4.74 Å². The Balaban J connectivity index is 1.98. The first-order chi connectivity index (χ1) is 5.79. The summed E-state index contributed by atoms with van der Waals surface area (Å²) in [6.45, 7) is 7.30. The molecule has 0 radical (unpaired) electrons. The predicted octanol–water partition coefficient (Wildman–Crippen LogP) is 1.33. The smallest absolute Gasteiger partial charge is 0.0594 e. The number of rotatable bonds is 4. The van der Waals surface area contributed by atoms with Gasteiger partial charge in [0.25, 0.3) is 0 Å². The summed E-state index contributed by atoms with van der Waals surface area (Å²) in [4.78, 5) is 2.45. The molecule has 0 spiro atoms. The van der Waals surface area contributed by atoms with Crippen LogP contribution in [0.3, 0.4) is 0 Å². The Morgan fingerprint density at radius 3 is 2.75 bits per heavy atom. The first-order valence-corrected chi connectivity index (χ1v) is 5.95. The first kappa shape index (κ1) is 10.7. The molecule has 1 atom stereocenters. The zero-order valence-corrected chi connectivity index (χ0v) is 9.24. The Hall–Kier alpha value is 0.620. The molecule has 0 N–H and O–H groups in total. The Labute approximate surface area is 84.4 Å². The van der Waals surface area contributed by atoms with Crippen LogP contribution in [0.25, 0.3) is 0 Å². The van der Waals surface area contributed by atoms with Gasteiger partial charge in [0.05, 0.1) is 13.2 Å². The molecule has 0 aromatic rings. The fourth-order valence-electron chi connectivity index (χ4n) is 1.18. The molecule has 0 amide bonds. The number of morpholine rings is 1. The van der Waals surface area contributed by atoms with Crippen LogP contribution in [0.2, 0.25) is 0 Å². The SMILES string of the molecule is CC(S)SCCN1CCOCC1. The first-order valence-electron chi connectivity index (χ1n) is 4.39. The Morgan fingerprint density at radius 1 is 1.50 bits per heavy atom. The molecule has 72 valence electrons. The van der Waals surface area contributed by atoms with E-state index < -0.39 is 0 Å². The monoisotopic (exact) mass is 207 g/mol. The minimum Gasteiger partial charge on any atom is -0.379 e. The van der Waals surface area contributed by atoms with Crippen LogP contribution in [0.15, 0.2) is 0 Å². The van der Waals surface area contributed by atoms with Gasteiger partial charge < -0.3 is 4.74 Å². The fourth-order valence-corrected chi connectivity index (χ4v) is 2.20. The van der Waals surface area contributed by atoms with Gasteiger partial charge in [-0.05, 0) is 6.92 Å². The Morgan fingerprint density at radius 2 is 2.17 bits per heavy atom. The average molecular weight is 207 g/mol. The summed E-state index contributed by atoms with van der Waals surface area (Å²) >= 11 is 6.22. The highest BCUT2D eigenvalue weighted by molar-refractivity contribution is 8.10. The molecule has 0 aliphatic carbocycles. The topological polar surface area (TPSA) is 12.5 Å². The fraction of sp³-hybridized carbons (Fsp3) is 1.00.